The summed E-state index contributed by atoms with van der Waals surface area (Å²) in [4.78, 5) is 14.8. The Morgan fingerprint density at radius 3 is 2.73 bits per heavy atom. The molecular formula is C18H23FN4O3. The number of nitrogens with zero attached hydrogens (tertiary/aromatic N) is 3. The van der Waals surface area contributed by atoms with Crippen LogP contribution in [0.15, 0.2) is 30.5 Å². The number of hydrogen-bond donors (Lipinski definition) is 1. The Bertz CT molecular complexity index is 727. The minimum absolute atomic E-state index is 0.221. The van der Waals surface area contributed by atoms with Crippen molar-refractivity contribution in [3.8, 4) is 11.4 Å². The van der Waals surface area contributed by atoms with Gasteiger partial charge < -0.3 is 14.8 Å². The van der Waals surface area contributed by atoms with Crippen LogP contribution < -0.4 is 10.1 Å². The van der Waals surface area contributed by atoms with Crippen LogP contribution in [0.1, 0.15) is 17.4 Å². The molecule has 0 unspecified atom stereocenters. The second-order valence-corrected chi connectivity index (χ2v) is 5.91. The van der Waals surface area contributed by atoms with E-state index in [0.717, 1.165) is 32.8 Å². The maximum atomic E-state index is 13.1. The summed E-state index contributed by atoms with van der Waals surface area (Å²) in [6.45, 7) is 6.75. The first-order valence-corrected chi connectivity index (χ1v) is 8.74. The summed E-state index contributed by atoms with van der Waals surface area (Å²) < 4.78 is 25.5. The fourth-order valence-electron chi connectivity index (χ4n) is 2.74. The van der Waals surface area contributed by atoms with Gasteiger partial charge in [-0.2, -0.15) is 5.10 Å². The first-order chi connectivity index (χ1) is 12.7. The molecule has 1 saturated heterocycles. The molecule has 140 valence electrons. The smallest absolute Gasteiger partial charge is 0.275 e. The van der Waals surface area contributed by atoms with Crippen molar-refractivity contribution in [3.63, 3.8) is 0 Å². The van der Waals surface area contributed by atoms with Gasteiger partial charge in [-0.3, -0.25) is 9.69 Å². The van der Waals surface area contributed by atoms with Crippen LogP contribution in [-0.4, -0.2) is 66.6 Å². The fourth-order valence-corrected chi connectivity index (χ4v) is 2.74. The number of hydrogen-bond acceptors (Lipinski definition) is 5. The monoisotopic (exact) mass is 362 g/mol. The van der Waals surface area contributed by atoms with Gasteiger partial charge in [0.2, 0.25) is 0 Å². The van der Waals surface area contributed by atoms with Gasteiger partial charge in [0, 0.05) is 26.2 Å². The molecular weight excluding hydrogens is 339 g/mol. The maximum absolute atomic E-state index is 13.1. The molecule has 2 heterocycles. The van der Waals surface area contributed by atoms with Crippen LogP contribution in [-0.2, 0) is 4.74 Å². The van der Waals surface area contributed by atoms with Crippen molar-refractivity contribution >= 4 is 5.91 Å². The molecule has 2 aromatic rings. The van der Waals surface area contributed by atoms with Crippen molar-refractivity contribution in [2.45, 2.75) is 6.92 Å². The van der Waals surface area contributed by atoms with Gasteiger partial charge in [-0.05, 0) is 31.2 Å². The van der Waals surface area contributed by atoms with Crippen molar-refractivity contribution in [3.05, 3.63) is 42.0 Å². The highest BCUT2D eigenvalue weighted by atomic mass is 19.1. The number of halogens is 1. The Hall–Kier alpha value is -2.45. The minimum Gasteiger partial charge on any atom is -0.490 e. The van der Waals surface area contributed by atoms with Gasteiger partial charge in [0.1, 0.15) is 5.82 Å². The van der Waals surface area contributed by atoms with Crippen LogP contribution in [0.5, 0.6) is 5.75 Å². The van der Waals surface area contributed by atoms with E-state index in [1.165, 1.54) is 16.8 Å². The van der Waals surface area contributed by atoms with E-state index in [9.17, 15) is 9.18 Å². The van der Waals surface area contributed by atoms with Crippen LogP contribution >= 0.6 is 0 Å². The summed E-state index contributed by atoms with van der Waals surface area (Å²) in [5, 5.41) is 7.20. The zero-order valence-electron chi connectivity index (χ0n) is 14.8. The SMILES string of the molecule is CCOc1cn(-c2ccc(F)cc2)nc1C(=O)NCCN1CCOCC1. The largest absolute Gasteiger partial charge is 0.490 e. The van der Waals surface area contributed by atoms with Gasteiger partial charge in [0.25, 0.3) is 5.91 Å². The van der Waals surface area contributed by atoms with Gasteiger partial charge in [0.05, 0.1) is 31.7 Å². The van der Waals surface area contributed by atoms with Crippen LogP contribution in [0.25, 0.3) is 5.69 Å². The normalized spacial score (nSPS) is 15.0. The van der Waals surface area contributed by atoms with Gasteiger partial charge >= 0.3 is 0 Å². The number of amides is 1. The molecule has 0 aliphatic carbocycles. The third kappa shape index (κ3) is 4.59. The molecule has 1 aliphatic rings. The Balaban J connectivity index is 1.66. The van der Waals surface area contributed by atoms with E-state index in [2.05, 4.69) is 15.3 Å². The van der Waals surface area contributed by atoms with Crippen LogP contribution in [0.4, 0.5) is 4.39 Å². The highest BCUT2D eigenvalue weighted by Crippen LogP contribution is 2.20. The molecule has 1 aliphatic heterocycles. The van der Waals surface area contributed by atoms with E-state index in [1.807, 2.05) is 6.92 Å². The highest BCUT2D eigenvalue weighted by Gasteiger charge is 2.19. The quantitative estimate of drug-likeness (QED) is 0.808. The molecule has 0 spiro atoms. The average molecular weight is 362 g/mol. The van der Waals surface area contributed by atoms with Crippen molar-refractivity contribution in [2.75, 3.05) is 46.0 Å². The fraction of sp³-hybridized carbons (Fsp3) is 0.444. The molecule has 1 amide bonds. The summed E-state index contributed by atoms with van der Waals surface area (Å²) in [6, 6.07) is 5.88. The number of aromatic nitrogens is 2. The molecule has 1 fully saturated rings. The van der Waals surface area contributed by atoms with Crippen molar-refractivity contribution in [1.82, 2.24) is 20.0 Å². The third-order valence-electron chi connectivity index (χ3n) is 4.10. The van der Waals surface area contributed by atoms with Crippen LogP contribution in [0.3, 0.4) is 0 Å². The van der Waals surface area contributed by atoms with Crippen LogP contribution in [0.2, 0.25) is 0 Å². The summed E-state index contributed by atoms with van der Waals surface area (Å²) in [5.74, 6) is -0.213. The molecule has 0 saturated carbocycles. The third-order valence-corrected chi connectivity index (χ3v) is 4.10. The van der Waals surface area contributed by atoms with Crippen LogP contribution in [0, 0.1) is 5.82 Å². The summed E-state index contributed by atoms with van der Waals surface area (Å²) >= 11 is 0. The predicted octanol–water partition coefficient (Wildman–Crippen LogP) is 1.47. The Morgan fingerprint density at radius 2 is 2.04 bits per heavy atom. The molecule has 3 rings (SSSR count). The number of carbonyl (C=O) groups excluding carboxylic acids is 1. The van der Waals surface area contributed by atoms with Crippen molar-refractivity contribution < 1.29 is 18.7 Å². The number of rotatable bonds is 7. The molecule has 0 bridgehead atoms. The highest BCUT2D eigenvalue weighted by molar-refractivity contribution is 5.94. The van der Waals surface area contributed by atoms with E-state index >= 15 is 0 Å². The topological polar surface area (TPSA) is 68.6 Å². The summed E-state index contributed by atoms with van der Waals surface area (Å²) in [6.07, 6.45) is 1.63. The molecule has 7 nitrogen and oxygen atoms in total. The molecule has 1 N–H and O–H groups in total. The summed E-state index contributed by atoms with van der Waals surface area (Å²) in [5.41, 5.74) is 0.873. The lowest BCUT2D eigenvalue weighted by Gasteiger charge is -2.26. The molecule has 1 aromatic carbocycles. The molecule has 26 heavy (non-hydrogen) atoms. The first kappa shape index (κ1) is 18.3. The number of ether oxygens (including phenoxy) is 2. The standard InChI is InChI=1S/C18H23FN4O3/c1-2-26-16-13-23(15-5-3-14(19)4-6-15)21-17(16)18(24)20-7-8-22-9-11-25-12-10-22/h3-6,13H,2,7-12H2,1H3,(H,20,24). The van der Waals surface area contributed by atoms with Crippen molar-refractivity contribution in [2.24, 2.45) is 0 Å². The first-order valence-electron chi connectivity index (χ1n) is 8.74. The van der Waals surface area contributed by atoms with Gasteiger partial charge in [0.15, 0.2) is 11.4 Å². The van der Waals surface area contributed by atoms with E-state index in [0.29, 0.717) is 24.6 Å². The molecule has 0 radical (unpaired) electrons. The van der Waals surface area contributed by atoms with Gasteiger partial charge in [-0.15, -0.1) is 0 Å². The number of morpholine rings is 1. The predicted molar refractivity (Wildman–Crippen MR) is 94.3 cm³/mol. The number of nitrogens with one attached hydrogen (secondary N) is 1. The van der Waals surface area contributed by atoms with Crippen molar-refractivity contribution in [1.29, 1.82) is 0 Å². The Morgan fingerprint density at radius 1 is 1.31 bits per heavy atom. The van der Waals surface area contributed by atoms with Gasteiger partial charge in [-0.1, -0.05) is 0 Å². The van der Waals surface area contributed by atoms with E-state index < -0.39 is 0 Å². The lowest BCUT2D eigenvalue weighted by atomic mass is 10.3. The summed E-state index contributed by atoms with van der Waals surface area (Å²) in [7, 11) is 0. The zero-order valence-corrected chi connectivity index (χ0v) is 14.8. The Kier molecular flexibility index (Phi) is 6.19. The van der Waals surface area contributed by atoms with E-state index in [4.69, 9.17) is 9.47 Å². The second kappa shape index (κ2) is 8.77. The van der Waals surface area contributed by atoms with Gasteiger partial charge in [-0.25, -0.2) is 9.07 Å². The maximum Gasteiger partial charge on any atom is 0.275 e. The molecule has 0 atom stereocenters. The average Bonchev–Trinajstić information content (AvgIpc) is 3.07. The second-order valence-electron chi connectivity index (χ2n) is 5.91. The number of carbonyl (C=O) groups is 1. The number of benzene rings is 1. The van der Waals surface area contributed by atoms with E-state index in [1.54, 1.807) is 18.3 Å². The zero-order chi connectivity index (χ0) is 18.4. The lowest BCUT2D eigenvalue weighted by Crippen LogP contribution is -2.41. The molecule has 1 aromatic heterocycles. The molecule has 8 heteroatoms. The minimum atomic E-state index is -0.327. The van der Waals surface area contributed by atoms with E-state index in [-0.39, 0.29) is 17.4 Å². The lowest BCUT2D eigenvalue weighted by molar-refractivity contribution is 0.0383. The Labute approximate surface area is 151 Å².